The maximum absolute atomic E-state index is 12.0. The van der Waals surface area contributed by atoms with Crippen LogP contribution in [0.15, 0.2) is 30.5 Å². The van der Waals surface area contributed by atoms with Crippen molar-refractivity contribution in [1.82, 2.24) is 15.2 Å². The van der Waals surface area contributed by atoms with Crippen molar-refractivity contribution in [3.63, 3.8) is 0 Å². The fraction of sp³-hybridized carbons (Fsp3) is 0.231. The van der Waals surface area contributed by atoms with Gasteiger partial charge in [-0.05, 0) is 24.3 Å². The molecule has 1 aliphatic heterocycles. The van der Waals surface area contributed by atoms with Crippen molar-refractivity contribution in [2.75, 3.05) is 25.0 Å². The summed E-state index contributed by atoms with van der Waals surface area (Å²) < 4.78 is 0. The third-order valence-corrected chi connectivity index (χ3v) is 3.13. The fourth-order valence-electron chi connectivity index (χ4n) is 2.15. The van der Waals surface area contributed by atoms with E-state index in [0.717, 1.165) is 16.6 Å². The molecule has 1 saturated heterocycles. The molecule has 1 aromatic carbocycles. The summed E-state index contributed by atoms with van der Waals surface area (Å²) in [7, 11) is 0. The quantitative estimate of drug-likeness (QED) is 0.717. The lowest BCUT2D eigenvalue weighted by Gasteiger charge is -2.26. The van der Waals surface area contributed by atoms with Gasteiger partial charge in [0.15, 0.2) is 0 Å². The topological polar surface area (TPSA) is 77.2 Å². The standard InChI is InChI=1S/C13H14N4O2/c18-12-8-17(6-5-15-12)13(19)16-10-1-2-11-9(7-10)3-4-14-11/h1-4,7,14H,5-6,8H2,(H,15,18)(H,16,19). The summed E-state index contributed by atoms with van der Waals surface area (Å²) in [6, 6.07) is 7.34. The summed E-state index contributed by atoms with van der Waals surface area (Å²) in [4.78, 5) is 27.8. The molecule has 3 N–H and O–H groups in total. The second kappa shape index (κ2) is 4.64. The first-order valence-electron chi connectivity index (χ1n) is 6.12. The molecule has 0 unspecified atom stereocenters. The van der Waals surface area contributed by atoms with Crippen LogP contribution in [0.25, 0.3) is 10.9 Å². The Bertz CT molecular complexity index is 634. The number of nitrogens with zero attached hydrogens (tertiary/aromatic N) is 1. The smallest absolute Gasteiger partial charge is 0.322 e. The van der Waals surface area contributed by atoms with Gasteiger partial charge in [0, 0.05) is 35.9 Å². The lowest BCUT2D eigenvalue weighted by atomic mass is 10.2. The van der Waals surface area contributed by atoms with Crippen molar-refractivity contribution < 1.29 is 9.59 Å². The number of amides is 3. The number of H-pyrrole nitrogens is 1. The zero-order valence-corrected chi connectivity index (χ0v) is 10.3. The monoisotopic (exact) mass is 258 g/mol. The highest BCUT2D eigenvalue weighted by Gasteiger charge is 2.20. The fourth-order valence-corrected chi connectivity index (χ4v) is 2.15. The third-order valence-electron chi connectivity index (χ3n) is 3.13. The van der Waals surface area contributed by atoms with Crippen LogP contribution in [0, 0.1) is 0 Å². The molecule has 0 spiro atoms. The van der Waals surface area contributed by atoms with Crippen molar-refractivity contribution >= 4 is 28.5 Å². The number of rotatable bonds is 1. The van der Waals surface area contributed by atoms with Crippen LogP contribution < -0.4 is 10.6 Å². The number of hydrogen-bond donors (Lipinski definition) is 3. The number of urea groups is 1. The second-order valence-corrected chi connectivity index (χ2v) is 4.48. The lowest BCUT2D eigenvalue weighted by molar-refractivity contribution is -0.123. The van der Waals surface area contributed by atoms with Crippen molar-refractivity contribution in [2.45, 2.75) is 0 Å². The van der Waals surface area contributed by atoms with Gasteiger partial charge in [0.25, 0.3) is 0 Å². The van der Waals surface area contributed by atoms with Gasteiger partial charge in [-0.15, -0.1) is 0 Å². The van der Waals surface area contributed by atoms with Crippen LogP contribution >= 0.6 is 0 Å². The van der Waals surface area contributed by atoms with E-state index in [2.05, 4.69) is 15.6 Å². The Hall–Kier alpha value is -2.50. The Morgan fingerprint density at radius 3 is 3.05 bits per heavy atom. The molecule has 3 amide bonds. The van der Waals surface area contributed by atoms with E-state index in [9.17, 15) is 9.59 Å². The van der Waals surface area contributed by atoms with Gasteiger partial charge in [0.05, 0.1) is 0 Å². The number of anilines is 1. The van der Waals surface area contributed by atoms with E-state index in [-0.39, 0.29) is 18.5 Å². The van der Waals surface area contributed by atoms with Gasteiger partial charge in [-0.25, -0.2) is 4.79 Å². The molecule has 0 saturated carbocycles. The van der Waals surface area contributed by atoms with Crippen molar-refractivity contribution in [3.05, 3.63) is 30.5 Å². The molecule has 0 radical (unpaired) electrons. The number of carbonyl (C=O) groups excluding carboxylic acids is 2. The zero-order valence-electron chi connectivity index (χ0n) is 10.3. The summed E-state index contributed by atoms with van der Waals surface area (Å²) in [5, 5.41) is 6.53. The van der Waals surface area contributed by atoms with Gasteiger partial charge in [0.2, 0.25) is 5.91 Å². The van der Waals surface area contributed by atoms with E-state index in [4.69, 9.17) is 0 Å². The molecule has 6 heteroatoms. The minimum absolute atomic E-state index is 0.109. The number of carbonyl (C=O) groups is 2. The number of nitrogens with one attached hydrogen (secondary N) is 3. The molecule has 3 rings (SSSR count). The summed E-state index contributed by atoms with van der Waals surface area (Å²) >= 11 is 0. The third kappa shape index (κ3) is 2.37. The van der Waals surface area contributed by atoms with E-state index in [1.54, 1.807) is 0 Å². The van der Waals surface area contributed by atoms with Crippen molar-refractivity contribution in [1.29, 1.82) is 0 Å². The molecule has 0 atom stereocenters. The SMILES string of the molecule is O=C1CN(C(=O)Nc2ccc3[nH]ccc3c2)CCN1. The molecule has 2 heterocycles. The molecule has 0 bridgehead atoms. The van der Waals surface area contributed by atoms with E-state index in [1.165, 1.54) is 4.90 Å². The van der Waals surface area contributed by atoms with Crippen LogP contribution in [0.1, 0.15) is 0 Å². The van der Waals surface area contributed by atoms with Gasteiger partial charge in [-0.3, -0.25) is 4.79 Å². The van der Waals surface area contributed by atoms with E-state index in [1.807, 2.05) is 30.5 Å². The van der Waals surface area contributed by atoms with Gasteiger partial charge in [-0.2, -0.15) is 0 Å². The number of aromatic nitrogens is 1. The van der Waals surface area contributed by atoms with Crippen molar-refractivity contribution in [3.8, 4) is 0 Å². The first kappa shape index (κ1) is 11.6. The number of hydrogen-bond acceptors (Lipinski definition) is 2. The summed E-state index contributed by atoms with van der Waals surface area (Å²) in [6.45, 7) is 1.14. The van der Waals surface area contributed by atoms with Gasteiger partial charge in [0.1, 0.15) is 6.54 Å². The van der Waals surface area contributed by atoms with Crippen LogP contribution in [-0.4, -0.2) is 41.5 Å². The highest BCUT2D eigenvalue weighted by molar-refractivity contribution is 5.95. The van der Waals surface area contributed by atoms with Crippen LogP contribution in [0.2, 0.25) is 0 Å². The summed E-state index contributed by atoms with van der Waals surface area (Å²) in [6.07, 6.45) is 1.85. The first-order chi connectivity index (χ1) is 9.22. The Morgan fingerprint density at radius 1 is 1.32 bits per heavy atom. The van der Waals surface area contributed by atoms with Gasteiger partial charge >= 0.3 is 6.03 Å². The van der Waals surface area contributed by atoms with E-state index in [0.29, 0.717) is 13.1 Å². The maximum atomic E-state index is 12.0. The van der Waals surface area contributed by atoms with Crippen LogP contribution in [0.4, 0.5) is 10.5 Å². The molecule has 0 aliphatic carbocycles. The maximum Gasteiger partial charge on any atom is 0.322 e. The van der Waals surface area contributed by atoms with Gasteiger partial charge in [-0.1, -0.05) is 0 Å². The predicted octanol–water partition coefficient (Wildman–Crippen LogP) is 1.13. The number of fused-ring (bicyclic) bond motifs is 1. The molecule has 1 aliphatic rings. The second-order valence-electron chi connectivity index (χ2n) is 4.48. The highest BCUT2D eigenvalue weighted by atomic mass is 16.2. The van der Waals surface area contributed by atoms with Crippen molar-refractivity contribution in [2.24, 2.45) is 0 Å². The summed E-state index contributed by atoms with van der Waals surface area (Å²) in [5.41, 5.74) is 1.75. The van der Waals surface area contributed by atoms with E-state index < -0.39 is 0 Å². The lowest BCUT2D eigenvalue weighted by Crippen LogP contribution is -2.51. The number of piperazine rings is 1. The molecular weight excluding hydrogens is 244 g/mol. The number of aromatic amines is 1. The Labute approximate surface area is 109 Å². The Balaban J connectivity index is 1.72. The molecule has 6 nitrogen and oxygen atoms in total. The average molecular weight is 258 g/mol. The predicted molar refractivity (Wildman–Crippen MR) is 71.9 cm³/mol. The van der Waals surface area contributed by atoms with Gasteiger partial charge < -0.3 is 20.5 Å². The van der Waals surface area contributed by atoms with Crippen LogP contribution in [0.3, 0.4) is 0 Å². The highest BCUT2D eigenvalue weighted by Crippen LogP contribution is 2.18. The van der Waals surface area contributed by atoms with E-state index >= 15 is 0 Å². The molecule has 1 aromatic heterocycles. The summed E-state index contributed by atoms with van der Waals surface area (Å²) in [5.74, 6) is -0.123. The molecule has 19 heavy (non-hydrogen) atoms. The Morgan fingerprint density at radius 2 is 2.21 bits per heavy atom. The molecule has 1 fully saturated rings. The average Bonchev–Trinajstić information content (AvgIpc) is 2.86. The molecule has 2 aromatic rings. The number of benzene rings is 1. The molecular formula is C13H14N4O2. The van der Waals surface area contributed by atoms with Crippen LogP contribution in [-0.2, 0) is 4.79 Å². The Kier molecular flexibility index (Phi) is 2.83. The largest absolute Gasteiger partial charge is 0.361 e. The normalized spacial score (nSPS) is 15.4. The molecule has 98 valence electrons. The minimum Gasteiger partial charge on any atom is -0.361 e. The minimum atomic E-state index is -0.246. The van der Waals surface area contributed by atoms with Crippen LogP contribution in [0.5, 0.6) is 0 Å². The first-order valence-corrected chi connectivity index (χ1v) is 6.12. The zero-order chi connectivity index (χ0) is 13.2.